The normalized spacial score (nSPS) is 19.2. The summed E-state index contributed by atoms with van der Waals surface area (Å²) in [5.41, 5.74) is 7.62. The number of nitrogens with two attached hydrogens (primary N) is 1. The molecule has 1 saturated heterocycles. The topological polar surface area (TPSA) is 62.3 Å². The molecule has 0 bridgehead atoms. The van der Waals surface area contributed by atoms with Gasteiger partial charge in [-0.15, -0.1) is 0 Å². The number of hydrogen-bond acceptors (Lipinski definition) is 4. The Morgan fingerprint density at radius 3 is 3.05 bits per heavy atom. The predicted molar refractivity (Wildman–Crippen MR) is 84.2 cm³/mol. The zero-order valence-electron chi connectivity index (χ0n) is 12.8. The van der Waals surface area contributed by atoms with Gasteiger partial charge in [-0.3, -0.25) is 0 Å². The monoisotopic (exact) mass is 287 g/mol. The van der Waals surface area contributed by atoms with Gasteiger partial charge in [0.25, 0.3) is 0 Å². The lowest BCUT2D eigenvalue weighted by molar-refractivity contribution is 0.179. The van der Waals surface area contributed by atoms with Crippen LogP contribution in [0, 0.1) is 17.2 Å². The van der Waals surface area contributed by atoms with E-state index in [1.54, 1.807) is 0 Å². The molecule has 1 heterocycles. The molecule has 0 aromatic heterocycles. The Morgan fingerprint density at radius 2 is 2.33 bits per heavy atom. The van der Waals surface area contributed by atoms with Crippen molar-refractivity contribution < 1.29 is 4.74 Å². The minimum absolute atomic E-state index is 0.635. The van der Waals surface area contributed by atoms with Gasteiger partial charge in [0.1, 0.15) is 5.75 Å². The molecule has 2 rings (SSSR count). The highest BCUT2D eigenvalue weighted by atomic mass is 16.5. The third-order valence-electron chi connectivity index (χ3n) is 4.12. The number of benzene rings is 1. The number of rotatable bonds is 6. The van der Waals surface area contributed by atoms with E-state index in [9.17, 15) is 0 Å². The van der Waals surface area contributed by atoms with Crippen molar-refractivity contribution in [2.24, 2.45) is 11.7 Å². The maximum absolute atomic E-state index is 9.05. The standard InChI is InChI=1S/C17H25N3O/c1-2-21-17-6-5-14(11-18)10-16(17)7-9-20-8-3-4-15(12-19)13-20/h5-6,10,15H,2-4,7-9,12-13,19H2,1H3/t15-/m0/s1. The Balaban J connectivity index is 1.99. The van der Waals surface area contributed by atoms with Crippen LogP contribution in [0.5, 0.6) is 5.75 Å². The molecule has 114 valence electrons. The third kappa shape index (κ3) is 4.45. The van der Waals surface area contributed by atoms with Gasteiger partial charge in [-0.05, 0) is 69.0 Å². The molecule has 1 aliphatic rings. The van der Waals surface area contributed by atoms with E-state index in [0.717, 1.165) is 43.9 Å². The fourth-order valence-electron chi connectivity index (χ4n) is 2.97. The molecule has 4 nitrogen and oxygen atoms in total. The second kappa shape index (κ2) is 8.02. The molecular formula is C17H25N3O. The van der Waals surface area contributed by atoms with E-state index in [-0.39, 0.29) is 0 Å². The van der Waals surface area contributed by atoms with Crippen molar-refractivity contribution in [3.05, 3.63) is 29.3 Å². The lowest BCUT2D eigenvalue weighted by Gasteiger charge is -2.32. The lowest BCUT2D eigenvalue weighted by Crippen LogP contribution is -2.39. The predicted octanol–water partition coefficient (Wildman–Crippen LogP) is 2.17. The van der Waals surface area contributed by atoms with Gasteiger partial charge in [-0.25, -0.2) is 0 Å². The quantitative estimate of drug-likeness (QED) is 0.871. The molecule has 1 atom stereocenters. The molecule has 1 aliphatic heterocycles. The van der Waals surface area contributed by atoms with Crippen molar-refractivity contribution in [2.75, 3.05) is 32.8 Å². The summed E-state index contributed by atoms with van der Waals surface area (Å²) in [5, 5.41) is 9.05. The van der Waals surface area contributed by atoms with Crippen LogP contribution in [0.15, 0.2) is 18.2 Å². The van der Waals surface area contributed by atoms with Crippen LogP contribution in [0.25, 0.3) is 0 Å². The summed E-state index contributed by atoms with van der Waals surface area (Å²) in [4.78, 5) is 2.48. The zero-order valence-corrected chi connectivity index (χ0v) is 12.8. The van der Waals surface area contributed by atoms with Crippen molar-refractivity contribution in [1.29, 1.82) is 5.26 Å². The summed E-state index contributed by atoms with van der Waals surface area (Å²) in [6.07, 6.45) is 3.40. The van der Waals surface area contributed by atoms with Crippen molar-refractivity contribution in [2.45, 2.75) is 26.2 Å². The van der Waals surface area contributed by atoms with Crippen LogP contribution in [0.1, 0.15) is 30.9 Å². The minimum Gasteiger partial charge on any atom is -0.494 e. The summed E-state index contributed by atoms with van der Waals surface area (Å²) in [6.45, 7) is 6.67. The van der Waals surface area contributed by atoms with Gasteiger partial charge in [-0.1, -0.05) is 0 Å². The van der Waals surface area contributed by atoms with Gasteiger partial charge < -0.3 is 15.4 Å². The first-order chi connectivity index (χ1) is 10.3. The summed E-state index contributed by atoms with van der Waals surface area (Å²) in [5.74, 6) is 1.54. The minimum atomic E-state index is 0.635. The molecular weight excluding hydrogens is 262 g/mol. The fourth-order valence-corrected chi connectivity index (χ4v) is 2.97. The van der Waals surface area contributed by atoms with E-state index in [4.69, 9.17) is 15.7 Å². The maximum atomic E-state index is 9.05. The van der Waals surface area contributed by atoms with E-state index >= 15 is 0 Å². The Bertz CT molecular complexity index is 495. The summed E-state index contributed by atoms with van der Waals surface area (Å²) < 4.78 is 5.67. The van der Waals surface area contributed by atoms with Gasteiger partial charge in [-0.2, -0.15) is 5.26 Å². The second-order valence-corrected chi connectivity index (χ2v) is 5.66. The largest absolute Gasteiger partial charge is 0.494 e. The van der Waals surface area contributed by atoms with E-state index in [0.29, 0.717) is 18.1 Å². The molecule has 0 radical (unpaired) electrons. The highest BCUT2D eigenvalue weighted by Crippen LogP contribution is 2.22. The van der Waals surface area contributed by atoms with Crippen LogP contribution < -0.4 is 10.5 Å². The molecule has 0 amide bonds. The van der Waals surface area contributed by atoms with E-state index in [2.05, 4.69) is 11.0 Å². The number of nitrogens with zero attached hydrogens (tertiary/aromatic N) is 2. The molecule has 21 heavy (non-hydrogen) atoms. The number of hydrogen-bond donors (Lipinski definition) is 1. The van der Waals surface area contributed by atoms with Crippen LogP contribution in [-0.4, -0.2) is 37.7 Å². The number of piperidine rings is 1. The average molecular weight is 287 g/mol. The number of ether oxygens (including phenoxy) is 1. The van der Waals surface area contributed by atoms with Crippen LogP contribution in [0.3, 0.4) is 0 Å². The lowest BCUT2D eigenvalue weighted by atomic mass is 9.97. The SMILES string of the molecule is CCOc1ccc(C#N)cc1CCN1CCC[C@@H](CN)C1. The Hall–Kier alpha value is -1.57. The second-order valence-electron chi connectivity index (χ2n) is 5.66. The molecule has 2 N–H and O–H groups in total. The molecule has 1 fully saturated rings. The summed E-state index contributed by atoms with van der Waals surface area (Å²) in [7, 11) is 0. The molecule has 0 aliphatic carbocycles. The van der Waals surface area contributed by atoms with E-state index < -0.39 is 0 Å². The van der Waals surface area contributed by atoms with Gasteiger partial charge in [0.05, 0.1) is 18.2 Å². The number of likely N-dealkylation sites (tertiary alicyclic amines) is 1. The van der Waals surface area contributed by atoms with Crippen LogP contribution in [0.2, 0.25) is 0 Å². The Labute approximate surface area is 127 Å². The van der Waals surface area contributed by atoms with Crippen molar-refractivity contribution >= 4 is 0 Å². The first kappa shape index (κ1) is 15.8. The fraction of sp³-hybridized carbons (Fsp3) is 0.588. The first-order valence-corrected chi connectivity index (χ1v) is 7.85. The Kier molecular flexibility index (Phi) is 6.04. The average Bonchev–Trinajstić information content (AvgIpc) is 2.54. The molecule has 0 spiro atoms. The Morgan fingerprint density at radius 1 is 1.48 bits per heavy atom. The maximum Gasteiger partial charge on any atom is 0.122 e. The van der Waals surface area contributed by atoms with Crippen molar-refractivity contribution in [1.82, 2.24) is 4.90 Å². The van der Waals surface area contributed by atoms with Crippen molar-refractivity contribution in [3.63, 3.8) is 0 Å². The highest BCUT2D eigenvalue weighted by Gasteiger charge is 2.18. The van der Waals surface area contributed by atoms with Gasteiger partial charge in [0, 0.05) is 13.1 Å². The van der Waals surface area contributed by atoms with Crippen LogP contribution in [0.4, 0.5) is 0 Å². The van der Waals surface area contributed by atoms with Crippen LogP contribution >= 0.6 is 0 Å². The molecule has 1 aromatic rings. The summed E-state index contributed by atoms with van der Waals surface area (Å²) in [6, 6.07) is 7.89. The molecule has 1 aromatic carbocycles. The van der Waals surface area contributed by atoms with E-state index in [1.807, 2.05) is 25.1 Å². The first-order valence-electron chi connectivity index (χ1n) is 7.85. The highest BCUT2D eigenvalue weighted by molar-refractivity contribution is 5.42. The van der Waals surface area contributed by atoms with Gasteiger partial charge in [0.15, 0.2) is 0 Å². The zero-order chi connectivity index (χ0) is 15.1. The molecule has 4 heteroatoms. The number of nitriles is 1. The molecule has 0 saturated carbocycles. The van der Waals surface area contributed by atoms with Crippen LogP contribution in [-0.2, 0) is 6.42 Å². The molecule has 0 unspecified atom stereocenters. The smallest absolute Gasteiger partial charge is 0.122 e. The van der Waals surface area contributed by atoms with Crippen molar-refractivity contribution in [3.8, 4) is 11.8 Å². The third-order valence-corrected chi connectivity index (χ3v) is 4.12. The summed E-state index contributed by atoms with van der Waals surface area (Å²) >= 11 is 0. The van der Waals surface area contributed by atoms with Gasteiger partial charge >= 0.3 is 0 Å². The van der Waals surface area contributed by atoms with E-state index in [1.165, 1.54) is 12.8 Å². The van der Waals surface area contributed by atoms with Gasteiger partial charge in [0.2, 0.25) is 0 Å².